The summed E-state index contributed by atoms with van der Waals surface area (Å²) in [5.74, 6) is 2.80. The van der Waals surface area contributed by atoms with Gasteiger partial charge < -0.3 is 10.1 Å². The molecule has 1 aliphatic rings. The van der Waals surface area contributed by atoms with Crippen LogP contribution in [-0.2, 0) is 0 Å². The quantitative estimate of drug-likeness (QED) is 0.866. The number of benzene rings is 1. The van der Waals surface area contributed by atoms with Crippen LogP contribution in [0.2, 0.25) is 0 Å². The van der Waals surface area contributed by atoms with Crippen molar-refractivity contribution in [1.82, 2.24) is 5.32 Å². The summed E-state index contributed by atoms with van der Waals surface area (Å²) in [6, 6.07) is 8.97. The van der Waals surface area contributed by atoms with Gasteiger partial charge in [-0.2, -0.15) is 0 Å². The second-order valence-electron chi connectivity index (χ2n) is 5.41. The highest BCUT2D eigenvalue weighted by molar-refractivity contribution is 5.39. The van der Waals surface area contributed by atoms with Crippen molar-refractivity contribution in [3.8, 4) is 5.75 Å². The molecule has 3 unspecified atom stereocenters. The molecule has 0 spiro atoms. The third-order valence-corrected chi connectivity index (χ3v) is 3.83. The maximum atomic E-state index is 5.81. The highest BCUT2D eigenvalue weighted by atomic mass is 16.5. The van der Waals surface area contributed by atoms with Crippen molar-refractivity contribution in [2.45, 2.75) is 32.7 Å². The van der Waals surface area contributed by atoms with Crippen molar-refractivity contribution < 1.29 is 4.74 Å². The van der Waals surface area contributed by atoms with Gasteiger partial charge in [-0.25, -0.2) is 0 Å². The highest BCUT2D eigenvalue weighted by Gasteiger charge is 2.34. The smallest absolute Gasteiger partial charge is 0.122 e. The van der Waals surface area contributed by atoms with Gasteiger partial charge in [0.05, 0.1) is 6.61 Å². The number of nitrogens with one attached hydrogen (secondary N) is 1. The van der Waals surface area contributed by atoms with Crippen LogP contribution in [0.25, 0.3) is 0 Å². The van der Waals surface area contributed by atoms with Crippen LogP contribution < -0.4 is 10.1 Å². The van der Waals surface area contributed by atoms with Crippen LogP contribution in [0, 0.1) is 11.8 Å². The Bertz CT molecular complexity index is 375. The second kappa shape index (κ2) is 5.09. The standard InChI is InChI=1S/C15H23NO/c1-10(2)15(16-4)14-11(3)9-17-13-8-6-5-7-12(13)14/h5-8,10-11,14-16H,9H2,1-4H3. The Morgan fingerprint density at radius 2 is 2.00 bits per heavy atom. The van der Waals surface area contributed by atoms with Crippen LogP contribution in [0.5, 0.6) is 5.75 Å². The molecule has 17 heavy (non-hydrogen) atoms. The fourth-order valence-corrected chi connectivity index (χ4v) is 2.99. The van der Waals surface area contributed by atoms with Crippen LogP contribution in [0.4, 0.5) is 0 Å². The summed E-state index contributed by atoms with van der Waals surface area (Å²) in [5, 5.41) is 3.49. The lowest BCUT2D eigenvalue weighted by molar-refractivity contribution is 0.170. The maximum absolute atomic E-state index is 5.81. The van der Waals surface area contributed by atoms with Gasteiger partial charge in [-0.1, -0.05) is 39.0 Å². The summed E-state index contributed by atoms with van der Waals surface area (Å²) < 4.78 is 5.81. The van der Waals surface area contributed by atoms with E-state index in [0.29, 0.717) is 23.8 Å². The van der Waals surface area contributed by atoms with Crippen LogP contribution in [0.3, 0.4) is 0 Å². The zero-order valence-corrected chi connectivity index (χ0v) is 11.2. The van der Waals surface area contributed by atoms with E-state index >= 15 is 0 Å². The Morgan fingerprint density at radius 1 is 1.29 bits per heavy atom. The highest BCUT2D eigenvalue weighted by Crippen LogP contribution is 2.40. The van der Waals surface area contributed by atoms with Gasteiger partial charge in [0.1, 0.15) is 5.75 Å². The average molecular weight is 233 g/mol. The molecule has 3 atom stereocenters. The van der Waals surface area contributed by atoms with E-state index in [9.17, 15) is 0 Å². The predicted molar refractivity (Wildman–Crippen MR) is 71.5 cm³/mol. The van der Waals surface area contributed by atoms with Crippen molar-refractivity contribution in [3.05, 3.63) is 29.8 Å². The first-order valence-corrected chi connectivity index (χ1v) is 6.54. The van der Waals surface area contributed by atoms with E-state index in [0.717, 1.165) is 12.4 Å². The Labute approximate surface area is 104 Å². The third kappa shape index (κ3) is 2.32. The SMILES string of the molecule is CNC(C(C)C)C1c2ccccc2OCC1C. The van der Waals surface area contributed by atoms with Gasteiger partial charge in [0.15, 0.2) is 0 Å². The van der Waals surface area contributed by atoms with Crippen molar-refractivity contribution in [2.75, 3.05) is 13.7 Å². The zero-order valence-electron chi connectivity index (χ0n) is 11.2. The Balaban J connectivity index is 2.38. The van der Waals surface area contributed by atoms with Crippen LogP contribution >= 0.6 is 0 Å². The lowest BCUT2D eigenvalue weighted by Gasteiger charge is -2.38. The first-order chi connectivity index (χ1) is 8.15. The number of para-hydroxylation sites is 1. The fourth-order valence-electron chi connectivity index (χ4n) is 2.99. The molecule has 1 aliphatic heterocycles. The first-order valence-electron chi connectivity index (χ1n) is 6.54. The molecule has 0 radical (unpaired) electrons. The minimum atomic E-state index is 0.509. The molecule has 0 aliphatic carbocycles. The molecule has 0 saturated heterocycles. The van der Waals surface area contributed by atoms with Gasteiger partial charge in [-0.05, 0) is 30.5 Å². The summed E-state index contributed by atoms with van der Waals surface area (Å²) in [6.45, 7) is 7.68. The molecule has 94 valence electrons. The Kier molecular flexibility index (Phi) is 3.72. The summed E-state index contributed by atoms with van der Waals surface area (Å²) in [6.07, 6.45) is 0. The Hall–Kier alpha value is -1.02. The minimum Gasteiger partial charge on any atom is -0.493 e. The predicted octanol–water partition coefficient (Wildman–Crippen LogP) is 3.04. The molecule has 2 rings (SSSR count). The van der Waals surface area contributed by atoms with E-state index in [1.54, 1.807) is 0 Å². The molecule has 0 aromatic heterocycles. The second-order valence-corrected chi connectivity index (χ2v) is 5.41. The number of rotatable bonds is 3. The first kappa shape index (κ1) is 12.4. The van der Waals surface area contributed by atoms with Gasteiger partial charge >= 0.3 is 0 Å². The van der Waals surface area contributed by atoms with Crippen molar-refractivity contribution in [3.63, 3.8) is 0 Å². The van der Waals surface area contributed by atoms with Crippen LogP contribution in [0.1, 0.15) is 32.3 Å². The van der Waals surface area contributed by atoms with Crippen molar-refractivity contribution in [1.29, 1.82) is 0 Å². The average Bonchev–Trinajstić information content (AvgIpc) is 2.32. The lowest BCUT2D eigenvalue weighted by atomic mass is 9.76. The summed E-state index contributed by atoms with van der Waals surface area (Å²) >= 11 is 0. The van der Waals surface area contributed by atoms with Gasteiger partial charge in [-0.3, -0.25) is 0 Å². The number of hydrogen-bond donors (Lipinski definition) is 1. The molecule has 0 saturated carbocycles. The van der Waals surface area contributed by atoms with Crippen LogP contribution in [-0.4, -0.2) is 19.7 Å². The molecule has 1 aromatic rings. The fraction of sp³-hybridized carbons (Fsp3) is 0.600. The van der Waals surface area contributed by atoms with Gasteiger partial charge in [-0.15, -0.1) is 0 Å². The molecule has 0 fully saturated rings. The van der Waals surface area contributed by atoms with E-state index < -0.39 is 0 Å². The van der Waals surface area contributed by atoms with Crippen molar-refractivity contribution in [2.24, 2.45) is 11.8 Å². The molecular weight excluding hydrogens is 210 g/mol. The summed E-state index contributed by atoms with van der Waals surface area (Å²) in [4.78, 5) is 0. The number of ether oxygens (including phenoxy) is 1. The lowest BCUT2D eigenvalue weighted by Crippen LogP contribution is -2.42. The molecule has 1 heterocycles. The molecular formula is C15H23NO. The number of fused-ring (bicyclic) bond motifs is 1. The van der Waals surface area contributed by atoms with Crippen molar-refractivity contribution >= 4 is 0 Å². The number of hydrogen-bond acceptors (Lipinski definition) is 2. The molecule has 0 bridgehead atoms. The van der Waals surface area contributed by atoms with E-state index in [1.807, 2.05) is 0 Å². The molecule has 2 nitrogen and oxygen atoms in total. The maximum Gasteiger partial charge on any atom is 0.122 e. The van der Waals surface area contributed by atoms with E-state index in [1.165, 1.54) is 5.56 Å². The zero-order chi connectivity index (χ0) is 12.4. The van der Waals surface area contributed by atoms with Crippen LogP contribution in [0.15, 0.2) is 24.3 Å². The van der Waals surface area contributed by atoms with E-state index in [-0.39, 0.29) is 0 Å². The normalized spacial score (nSPS) is 25.2. The molecule has 0 amide bonds. The topological polar surface area (TPSA) is 21.3 Å². The molecule has 2 heteroatoms. The van der Waals surface area contributed by atoms with Gasteiger partial charge in [0, 0.05) is 12.0 Å². The van der Waals surface area contributed by atoms with E-state index in [4.69, 9.17) is 4.74 Å². The third-order valence-electron chi connectivity index (χ3n) is 3.83. The monoisotopic (exact) mass is 233 g/mol. The van der Waals surface area contributed by atoms with Gasteiger partial charge in [0.25, 0.3) is 0 Å². The van der Waals surface area contributed by atoms with Gasteiger partial charge in [0.2, 0.25) is 0 Å². The molecule has 1 aromatic carbocycles. The largest absolute Gasteiger partial charge is 0.493 e. The Morgan fingerprint density at radius 3 is 2.65 bits per heavy atom. The minimum absolute atomic E-state index is 0.509. The molecule has 1 N–H and O–H groups in total. The summed E-state index contributed by atoms with van der Waals surface area (Å²) in [7, 11) is 2.06. The summed E-state index contributed by atoms with van der Waals surface area (Å²) in [5.41, 5.74) is 1.36. The van der Waals surface area contributed by atoms with E-state index in [2.05, 4.69) is 57.4 Å². The number of likely N-dealkylation sites (N-methyl/N-ethyl adjacent to an activating group) is 1.